The van der Waals surface area contributed by atoms with E-state index in [-0.39, 0.29) is 22.6 Å². The third-order valence-corrected chi connectivity index (χ3v) is 4.57. The van der Waals surface area contributed by atoms with Crippen molar-refractivity contribution in [2.45, 2.75) is 12.7 Å². The van der Waals surface area contributed by atoms with Gasteiger partial charge in [0, 0.05) is 23.8 Å². The number of aromatic carboxylic acids is 1. The smallest absolute Gasteiger partial charge is 0.477 e. The molecule has 0 bridgehead atoms. The second-order valence-electron chi connectivity index (χ2n) is 7.77. The molecule has 0 fully saturated rings. The van der Waals surface area contributed by atoms with Gasteiger partial charge in [0.15, 0.2) is 0 Å². The van der Waals surface area contributed by atoms with E-state index in [9.17, 15) is 45.5 Å². The van der Waals surface area contributed by atoms with Crippen molar-refractivity contribution in [2.24, 2.45) is 0 Å². The van der Waals surface area contributed by atoms with Gasteiger partial charge in [-0.25, -0.2) is 4.79 Å². The Morgan fingerprint density at radius 1 is 0.698 bits per heavy atom. The van der Waals surface area contributed by atoms with Crippen molar-refractivity contribution < 1.29 is 50.5 Å². The van der Waals surface area contributed by atoms with Crippen LogP contribution in [0.15, 0.2) is 94.8 Å². The molecule has 0 aliphatic heterocycles. The highest BCUT2D eigenvalue weighted by molar-refractivity contribution is 6.03. The third kappa shape index (κ3) is 12.5. The predicted molar refractivity (Wildman–Crippen MR) is 140 cm³/mol. The molecule has 1 amide bonds. The highest BCUT2D eigenvalue weighted by Crippen LogP contribution is 2.24. The molecule has 43 heavy (non-hydrogen) atoms. The zero-order valence-corrected chi connectivity index (χ0v) is 21.3. The van der Waals surface area contributed by atoms with Crippen molar-refractivity contribution in [2.75, 3.05) is 11.1 Å². The van der Waals surface area contributed by atoms with E-state index < -0.39 is 41.5 Å². The fraction of sp³-hybridized carbons (Fsp3) is 0.0769. The first-order chi connectivity index (χ1) is 20.0. The number of nitrogens with one attached hydrogen (secondary N) is 3. The van der Waals surface area contributed by atoms with Crippen molar-refractivity contribution >= 4 is 23.3 Å². The summed E-state index contributed by atoms with van der Waals surface area (Å²) in [5.74, 6) is -2.54. The molecule has 0 spiro atoms. The van der Waals surface area contributed by atoms with Gasteiger partial charge in [0.2, 0.25) is 0 Å². The van der Waals surface area contributed by atoms with Crippen LogP contribution in [0.3, 0.4) is 0 Å². The van der Waals surface area contributed by atoms with Crippen molar-refractivity contribution in [1.29, 1.82) is 0 Å². The van der Waals surface area contributed by atoms with Gasteiger partial charge in [-0.05, 0) is 72.8 Å². The number of pyridine rings is 2. The predicted octanol–water partition coefficient (Wildman–Crippen LogP) is 4.77. The zero-order chi connectivity index (χ0) is 32.2. The molecule has 0 atom stereocenters. The van der Waals surface area contributed by atoms with Crippen molar-refractivity contribution in [1.82, 2.24) is 9.97 Å². The van der Waals surface area contributed by atoms with E-state index in [0.29, 0.717) is 5.69 Å². The summed E-state index contributed by atoms with van der Waals surface area (Å²) in [6.07, 6.45) is -6.66. The molecule has 0 aliphatic rings. The summed E-state index contributed by atoms with van der Waals surface area (Å²) in [6.45, 7) is 0. The highest BCUT2D eigenvalue weighted by Gasteiger charge is 2.31. The molecule has 0 unspecified atom stereocenters. The van der Waals surface area contributed by atoms with Gasteiger partial charge in [0.25, 0.3) is 17.0 Å². The van der Waals surface area contributed by atoms with Crippen molar-refractivity contribution in [3.05, 3.63) is 117 Å². The van der Waals surface area contributed by atoms with Crippen LogP contribution in [0.2, 0.25) is 0 Å². The standard InChI is InChI=1S/C13H9F3N2O3.C7H6F3NO.C6H5NO3/c14-13(15,16)21-9-5-3-8(4-6-9)18-12(20)10-2-1-7-17-11(10)19;8-7(9,10)12-6-3-1-5(11)2-4-6;8-5-4(6(9)10)2-1-3-7-5/h1-7H,(H,17,19)(H,18,20);1-4H,11H2;1-3H,(H,7,8)(H,9,10). The summed E-state index contributed by atoms with van der Waals surface area (Å²) in [7, 11) is 0. The fourth-order valence-electron chi connectivity index (χ4n) is 2.80. The zero-order valence-electron chi connectivity index (χ0n) is 21.3. The van der Waals surface area contributed by atoms with Crippen molar-refractivity contribution in [3.8, 4) is 11.5 Å². The number of hydrogen-bond acceptors (Lipinski definition) is 7. The van der Waals surface area contributed by atoms with E-state index in [1.54, 1.807) is 0 Å². The van der Waals surface area contributed by atoms with Crippen LogP contribution in [-0.4, -0.2) is 39.7 Å². The Morgan fingerprint density at radius 3 is 1.49 bits per heavy atom. The number of H-pyrrole nitrogens is 2. The lowest BCUT2D eigenvalue weighted by atomic mass is 10.2. The highest BCUT2D eigenvalue weighted by atomic mass is 19.4. The van der Waals surface area contributed by atoms with Crippen molar-refractivity contribution in [3.63, 3.8) is 0 Å². The van der Waals surface area contributed by atoms with Crippen LogP contribution < -0.4 is 31.6 Å². The van der Waals surface area contributed by atoms with Crippen LogP contribution in [0, 0.1) is 0 Å². The molecule has 6 N–H and O–H groups in total. The maximum absolute atomic E-state index is 12.0. The van der Waals surface area contributed by atoms with Crippen LogP contribution in [0.5, 0.6) is 11.5 Å². The summed E-state index contributed by atoms with van der Waals surface area (Å²) in [5.41, 5.74) is 4.41. The lowest BCUT2D eigenvalue weighted by Gasteiger charge is -2.09. The molecule has 4 rings (SSSR count). The van der Waals surface area contributed by atoms with E-state index in [4.69, 9.17) is 10.8 Å². The second kappa shape index (κ2) is 14.8. The minimum absolute atomic E-state index is 0.104. The first-order valence-corrected chi connectivity index (χ1v) is 11.4. The summed E-state index contributed by atoms with van der Waals surface area (Å²) >= 11 is 0. The number of rotatable bonds is 5. The monoisotopic (exact) mass is 614 g/mol. The van der Waals surface area contributed by atoms with Gasteiger partial charge >= 0.3 is 18.7 Å². The summed E-state index contributed by atoms with van der Waals surface area (Å²) in [5, 5.41) is 10.7. The second-order valence-corrected chi connectivity index (χ2v) is 7.77. The summed E-state index contributed by atoms with van der Waals surface area (Å²) in [6, 6.07) is 15.1. The van der Waals surface area contributed by atoms with E-state index >= 15 is 0 Å². The topological polar surface area (TPSA) is 177 Å². The minimum Gasteiger partial charge on any atom is -0.477 e. The number of benzene rings is 2. The Labute approximate surface area is 236 Å². The lowest BCUT2D eigenvalue weighted by molar-refractivity contribution is -0.275. The number of ether oxygens (including phenoxy) is 2. The molecule has 0 saturated heterocycles. The van der Waals surface area contributed by atoms with Gasteiger partial charge in [0.05, 0.1) is 0 Å². The largest absolute Gasteiger partial charge is 0.573 e. The molecule has 17 heteroatoms. The number of carboxylic acids is 1. The molecule has 4 aromatic rings. The number of nitrogen functional groups attached to an aromatic ring is 1. The quantitative estimate of drug-likeness (QED) is 0.158. The molecule has 0 radical (unpaired) electrons. The molecule has 0 aliphatic carbocycles. The van der Waals surface area contributed by atoms with Crippen LogP contribution in [-0.2, 0) is 0 Å². The van der Waals surface area contributed by atoms with Gasteiger partial charge in [0.1, 0.15) is 22.6 Å². The first-order valence-electron chi connectivity index (χ1n) is 11.4. The number of hydrogen-bond donors (Lipinski definition) is 5. The van der Waals surface area contributed by atoms with Gasteiger partial charge in [-0.2, -0.15) is 0 Å². The van der Waals surface area contributed by atoms with E-state index in [1.807, 2.05) is 0 Å². The molecule has 2 aromatic carbocycles. The minimum atomic E-state index is -4.78. The van der Waals surface area contributed by atoms with E-state index in [0.717, 1.165) is 24.3 Å². The average molecular weight is 614 g/mol. The maximum Gasteiger partial charge on any atom is 0.573 e. The Bertz CT molecular complexity index is 1620. The Kier molecular flexibility index (Phi) is 11.5. The molecular formula is C26H20F6N4O7. The number of anilines is 2. The Hall–Kier alpha value is -5.74. The molecule has 2 heterocycles. The molecule has 11 nitrogen and oxygen atoms in total. The van der Waals surface area contributed by atoms with Gasteiger partial charge in [-0.15, -0.1) is 26.3 Å². The number of alkyl halides is 6. The van der Waals surface area contributed by atoms with Gasteiger partial charge in [-0.3, -0.25) is 14.4 Å². The molecule has 2 aromatic heterocycles. The third-order valence-electron chi connectivity index (χ3n) is 4.57. The number of aromatic amines is 2. The fourth-order valence-corrected chi connectivity index (χ4v) is 2.80. The van der Waals surface area contributed by atoms with Gasteiger partial charge < -0.3 is 35.6 Å². The summed E-state index contributed by atoms with van der Waals surface area (Å²) in [4.78, 5) is 48.6. The van der Waals surface area contributed by atoms with Crippen LogP contribution in [0.1, 0.15) is 20.7 Å². The SMILES string of the molecule is Nc1ccc(OC(F)(F)F)cc1.O=C(Nc1ccc(OC(F)(F)F)cc1)c1ccc[nH]c1=O.O=C(O)c1ccc[nH]c1=O. The molecular weight excluding hydrogens is 594 g/mol. The van der Waals surface area contributed by atoms with Crippen LogP contribution >= 0.6 is 0 Å². The Morgan fingerprint density at radius 2 is 1.12 bits per heavy atom. The maximum atomic E-state index is 12.0. The van der Waals surface area contributed by atoms with E-state index in [1.165, 1.54) is 60.9 Å². The Balaban J connectivity index is 0.000000248. The number of carbonyl (C=O) groups is 2. The van der Waals surface area contributed by atoms with Crippen LogP contribution in [0.4, 0.5) is 37.7 Å². The number of amides is 1. The van der Waals surface area contributed by atoms with E-state index in [2.05, 4.69) is 24.8 Å². The number of aromatic nitrogens is 2. The molecule has 0 saturated carbocycles. The number of nitrogens with two attached hydrogens (primary N) is 1. The van der Waals surface area contributed by atoms with Gasteiger partial charge in [-0.1, -0.05) is 0 Å². The van der Waals surface area contributed by atoms with Crippen LogP contribution in [0.25, 0.3) is 0 Å². The number of carboxylic acid groups (broad SMARTS) is 1. The lowest BCUT2D eigenvalue weighted by Crippen LogP contribution is -2.22. The normalized spacial score (nSPS) is 10.7. The summed E-state index contributed by atoms with van der Waals surface area (Å²) < 4.78 is 78.0. The average Bonchev–Trinajstić information content (AvgIpc) is 2.91. The molecule has 228 valence electrons. The first kappa shape index (κ1) is 33.5. The number of carbonyl (C=O) groups excluding carboxylic acids is 1. The number of halogens is 6.